The minimum absolute atomic E-state index is 0.0902. The second kappa shape index (κ2) is 4.02. The van der Waals surface area contributed by atoms with Crippen molar-refractivity contribution in [2.75, 3.05) is 24.7 Å². The lowest BCUT2D eigenvalue weighted by atomic mass is 10.2. The molecule has 0 spiro atoms. The van der Waals surface area contributed by atoms with Gasteiger partial charge in [-0.3, -0.25) is 0 Å². The molecule has 0 fully saturated rings. The van der Waals surface area contributed by atoms with Crippen molar-refractivity contribution in [2.45, 2.75) is 0 Å². The highest BCUT2D eigenvalue weighted by Crippen LogP contribution is 2.33. The van der Waals surface area contributed by atoms with Crippen LogP contribution in [0.5, 0.6) is 11.5 Å². The first-order valence-electron chi connectivity index (χ1n) is 5.39. The van der Waals surface area contributed by atoms with Gasteiger partial charge in [-0.2, -0.15) is 15.0 Å². The first-order valence-corrected chi connectivity index (χ1v) is 5.39. The van der Waals surface area contributed by atoms with Gasteiger partial charge in [-0.05, 0) is 18.2 Å². The number of fused-ring (bicyclic) bond motifs is 1. The topological polar surface area (TPSA) is 109 Å². The van der Waals surface area contributed by atoms with Gasteiger partial charge in [0.1, 0.15) is 13.2 Å². The van der Waals surface area contributed by atoms with Crippen molar-refractivity contribution in [2.24, 2.45) is 0 Å². The first-order chi connectivity index (χ1) is 8.72. The van der Waals surface area contributed by atoms with Crippen LogP contribution in [-0.2, 0) is 0 Å². The molecule has 0 unspecified atom stereocenters. The average molecular weight is 245 g/mol. The lowest BCUT2D eigenvalue weighted by Crippen LogP contribution is -2.15. The molecule has 0 saturated heterocycles. The molecule has 0 radical (unpaired) electrons. The third-order valence-corrected chi connectivity index (χ3v) is 2.47. The molecule has 0 amide bonds. The van der Waals surface area contributed by atoms with Gasteiger partial charge in [0.05, 0.1) is 0 Å². The summed E-state index contributed by atoms with van der Waals surface area (Å²) in [6.07, 6.45) is 0. The summed E-state index contributed by atoms with van der Waals surface area (Å²) in [4.78, 5) is 11.8. The number of nitrogens with two attached hydrogens (primary N) is 2. The standard InChI is InChI=1S/C11H11N5O2/c12-10-14-9(15-11(13)16-10)6-1-2-7-8(5-6)18-4-3-17-7/h1-2,5H,3-4H2,(H4,12,13,14,15,16). The summed E-state index contributed by atoms with van der Waals surface area (Å²) in [6.45, 7) is 1.08. The normalized spacial score (nSPS) is 13.3. The zero-order valence-electron chi connectivity index (χ0n) is 9.46. The van der Waals surface area contributed by atoms with Crippen LogP contribution in [0.4, 0.5) is 11.9 Å². The van der Waals surface area contributed by atoms with Crippen LogP contribution in [0.2, 0.25) is 0 Å². The molecule has 7 heteroatoms. The zero-order valence-corrected chi connectivity index (χ0v) is 9.46. The van der Waals surface area contributed by atoms with Crippen LogP contribution >= 0.6 is 0 Å². The summed E-state index contributed by atoms with van der Waals surface area (Å²) < 4.78 is 10.9. The van der Waals surface area contributed by atoms with E-state index in [0.717, 1.165) is 5.56 Å². The van der Waals surface area contributed by atoms with Crippen LogP contribution in [0.25, 0.3) is 11.4 Å². The van der Waals surface area contributed by atoms with E-state index in [1.807, 2.05) is 6.07 Å². The minimum atomic E-state index is 0.0902. The lowest BCUT2D eigenvalue weighted by Gasteiger charge is -2.18. The Labute approximate surface area is 103 Å². The van der Waals surface area contributed by atoms with Gasteiger partial charge in [0.25, 0.3) is 0 Å². The van der Waals surface area contributed by atoms with Gasteiger partial charge in [0, 0.05) is 5.56 Å². The molecule has 1 aliphatic rings. The number of ether oxygens (including phenoxy) is 2. The maximum Gasteiger partial charge on any atom is 0.225 e. The highest BCUT2D eigenvalue weighted by atomic mass is 16.6. The molecule has 1 aliphatic heterocycles. The predicted molar refractivity (Wildman–Crippen MR) is 65.1 cm³/mol. The Morgan fingerprint density at radius 1 is 0.889 bits per heavy atom. The monoisotopic (exact) mass is 245 g/mol. The van der Waals surface area contributed by atoms with Gasteiger partial charge < -0.3 is 20.9 Å². The van der Waals surface area contributed by atoms with Gasteiger partial charge in [-0.25, -0.2) is 0 Å². The van der Waals surface area contributed by atoms with E-state index >= 15 is 0 Å². The maximum absolute atomic E-state index is 5.54. The molecule has 1 aromatic carbocycles. The molecule has 2 aromatic rings. The Morgan fingerprint density at radius 2 is 1.56 bits per heavy atom. The van der Waals surface area contributed by atoms with E-state index < -0.39 is 0 Å². The molecule has 1 aromatic heterocycles. The summed E-state index contributed by atoms with van der Waals surface area (Å²) >= 11 is 0. The van der Waals surface area contributed by atoms with E-state index in [1.165, 1.54) is 0 Å². The van der Waals surface area contributed by atoms with Gasteiger partial charge in [0.15, 0.2) is 17.3 Å². The summed E-state index contributed by atoms with van der Waals surface area (Å²) in [5.41, 5.74) is 11.8. The first kappa shape index (κ1) is 10.6. The van der Waals surface area contributed by atoms with Crippen molar-refractivity contribution in [3.8, 4) is 22.9 Å². The number of benzene rings is 1. The molecule has 18 heavy (non-hydrogen) atoms. The number of hydrogen-bond donors (Lipinski definition) is 2. The van der Waals surface area contributed by atoms with Gasteiger partial charge in [0.2, 0.25) is 11.9 Å². The number of nitrogen functional groups attached to an aromatic ring is 2. The van der Waals surface area contributed by atoms with Crippen LogP contribution in [0, 0.1) is 0 Å². The molecule has 92 valence electrons. The maximum atomic E-state index is 5.54. The van der Waals surface area contributed by atoms with E-state index in [2.05, 4.69) is 15.0 Å². The molecule has 7 nitrogen and oxygen atoms in total. The summed E-state index contributed by atoms with van der Waals surface area (Å²) in [5.74, 6) is 1.97. The number of aromatic nitrogens is 3. The SMILES string of the molecule is Nc1nc(N)nc(-c2ccc3c(c2)OCCO3)n1. The zero-order chi connectivity index (χ0) is 12.5. The van der Waals surface area contributed by atoms with Crippen LogP contribution in [-0.4, -0.2) is 28.2 Å². The number of nitrogens with zero attached hydrogens (tertiary/aromatic N) is 3. The Balaban J connectivity index is 2.06. The molecule has 2 heterocycles. The van der Waals surface area contributed by atoms with Gasteiger partial charge in [-0.15, -0.1) is 0 Å². The highest BCUT2D eigenvalue weighted by Gasteiger charge is 2.14. The van der Waals surface area contributed by atoms with Gasteiger partial charge in [-0.1, -0.05) is 0 Å². The van der Waals surface area contributed by atoms with Crippen LogP contribution in [0.1, 0.15) is 0 Å². The number of hydrogen-bond acceptors (Lipinski definition) is 7. The van der Waals surface area contributed by atoms with Crippen molar-refractivity contribution in [1.29, 1.82) is 0 Å². The fourth-order valence-corrected chi connectivity index (χ4v) is 1.72. The summed E-state index contributed by atoms with van der Waals surface area (Å²) in [6, 6.07) is 5.42. The molecule has 0 bridgehead atoms. The number of rotatable bonds is 1. The third kappa shape index (κ3) is 1.86. The third-order valence-electron chi connectivity index (χ3n) is 2.47. The van der Waals surface area contributed by atoms with Crippen molar-refractivity contribution in [3.63, 3.8) is 0 Å². The van der Waals surface area contributed by atoms with Crippen molar-refractivity contribution in [1.82, 2.24) is 15.0 Å². The fraction of sp³-hybridized carbons (Fsp3) is 0.182. The van der Waals surface area contributed by atoms with E-state index in [0.29, 0.717) is 30.5 Å². The molecule has 3 rings (SSSR count). The number of anilines is 2. The largest absolute Gasteiger partial charge is 0.486 e. The van der Waals surface area contributed by atoms with E-state index in [4.69, 9.17) is 20.9 Å². The quantitative estimate of drug-likeness (QED) is 0.751. The predicted octanol–water partition coefficient (Wildman–Crippen LogP) is 0.474. The average Bonchev–Trinajstić information content (AvgIpc) is 2.37. The molecule has 0 aliphatic carbocycles. The van der Waals surface area contributed by atoms with Gasteiger partial charge >= 0.3 is 0 Å². The van der Waals surface area contributed by atoms with Crippen molar-refractivity contribution >= 4 is 11.9 Å². The molecule has 4 N–H and O–H groups in total. The van der Waals surface area contributed by atoms with E-state index in [1.54, 1.807) is 12.1 Å². The molecule has 0 atom stereocenters. The molecular weight excluding hydrogens is 234 g/mol. The van der Waals surface area contributed by atoms with Crippen LogP contribution < -0.4 is 20.9 Å². The van der Waals surface area contributed by atoms with Crippen LogP contribution in [0.15, 0.2) is 18.2 Å². The van der Waals surface area contributed by atoms with Crippen molar-refractivity contribution < 1.29 is 9.47 Å². The Bertz CT molecular complexity index is 582. The Hall–Kier alpha value is -2.57. The van der Waals surface area contributed by atoms with Crippen LogP contribution in [0.3, 0.4) is 0 Å². The Morgan fingerprint density at radius 3 is 2.28 bits per heavy atom. The minimum Gasteiger partial charge on any atom is -0.486 e. The van der Waals surface area contributed by atoms with E-state index in [9.17, 15) is 0 Å². The molecular formula is C11H11N5O2. The second-order valence-electron chi connectivity index (χ2n) is 3.73. The van der Waals surface area contributed by atoms with Crippen molar-refractivity contribution in [3.05, 3.63) is 18.2 Å². The molecule has 0 saturated carbocycles. The fourth-order valence-electron chi connectivity index (χ4n) is 1.72. The second-order valence-corrected chi connectivity index (χ2v) is 3.73. The summed E-state index contributed by atoms with van der Waals surface area (Å²) in [5, 5.41) is 0. The van der Waals surface area contributed by atoms with E-state index in [-0.39, 0.29) is 11.9 Å². The Kier molecular flexibility index (Phi) is 2.36. The smallest absolute Gasteiger partial charge is 0.225 e. The summed E-state index contributed by atoms with van der Waals surface area (Å²) in [7, 11) is 0. The lowest BCUT2D eigenvalue weighted by molar-refractivity contribution is 0.171. The highest BCUT2D eigenvalue weighted by molar-refractivity contribution is 5.62.